The predicted molar refractivity (Wildman–Crippen MR) is 106 cm³/mol. The summed E-state index contributed by atoms with van der Waals surface area (Å²) in [6.45, 7) is 1.05. The van der Waals surface area contributed by atoms with Crippen LogP contribution in [0, 0.1) is 0 Å². The van der Waals surface area contributed by atoms with E-state index in [1.807, 2.05) is 0 Å². The lowest BCUT2D eigenvalue weighted by Gasteiger charge is -2.48. The van der Waals surface area contributed by atoms with Crippen molar-refractivity contribution in [1.82, 2.24) is 0 Å². The monoisotopic (exact) mass is 468 g/mol. The summed E-state index contributed by atoms with van der Waals surface area (Å²) in [5, 5.41) is 61.7. The van der Waals surface area contributed by atoms with Crippen LogP contribution in [-0.4, -0.2) is 129 Å². The Kier molecular flexibility index (Phi) is 8.12. The van der Waals surface area contributed by atoms with Gasteiger partial charge in [-0.3, -0.25) is 0 Å². The van der Waals surface area contributed by atoms with Crippen LogP contribution in [0.4, 0.5) is 0 Å². The van der Waals surface area contributed by atoms with E-state index < -0.39 is 85.1 Å². The van der Waals surface area contributed by atoms with Crippen molar-refractivity contribution in [3.63, 3.8) is 0 Å². The summed E-state index contributed by atoms with van der Waals surface area (Å²) in [6.07, 6.45) is -13.4. The van der Waals surface area contributed by atoms with Gasteiger partial charge in [0.15, 0.2) is 12.6 Å². The zero-order valence-corrected chi connectivity index (χ0v) is 17.8. The van der Waals surface area contributed by atoms with E-state index in [1.54, 1.807) is 0 Å². The summed E-state index contributed by atoms with van der Waals surface area (Å²) in [5.74, 6) is 0. The standard InChI is InChI=1S/C18H36N4O10/c1-18(28)4-29-16(12(27)15(18)22)31-13-5(20)2-6(21)14(11(13)26)32-17-10(25)9(24)8(23)7(3-19)30-17/h5-17,23-28H,2-4,19-22H2,1H3/t5-,6+,7-,8-,9+,10-,11-,12-,13+,14-,15-,16-,17-,18+/m1/s1. The van der Waals surface area contributed by atoms with E-state index in [9.17, 15) is 30.6 Å². The van der Waals surface area contributed by atoms with Crippen LogP contribution in [0.3, 0.4) is 0 Å². The van der Waals surface area contributed by atoms with Gasteiger partial charge in [-0.25, -0.2) is 0 Å². The fraction of sp³-hybridized carbons (Fsp3) is 1.00. The van der Waals surface area contributed by atoms with E-state index in [4.69, 9.17) is 41.9 Å². The fourth-order valence-corrected chi connectivity index (χ4v) is 4.27. The molecule has 0 bridgehead atoms. The first-order chi connectivity index (χ1) is 14.9. The Hall–Kier alpha value is -0.560. The van der Waals surface area contributed by atoms with Crippen molar-refractivity contribution in [3.05, 3.63) is 0 Å². The first-order valence-electron chi connectivity index (χ1n) is 10.6. The molecule has 3 fully saturated rings. The van der Waals surface area contributed by atoms with E-state index >= 15 is 0 Å². The molecule has 1 saturated carbocycles. The number of hydrogen-bond acceptors (Lipinski definition) is 14. The van der Waals surface area contributed by atoms with Gasteiger partial charge in [-0.1, -0.05) is 0 Å². The SMILES string of the molecule is C[C@]1(O)CO[C@H](O[C@@H]2[C@@H](O)[C@H](O[C@H]3O[C@H](CN)[C@@H](O)[C@H](O)[C@H]3O)[C@@H](N)C[C@H]2N)[C@H](O)[C@H]1N. The molecule has 2 saturated heterocycles. The van der Waals surface area contributed by atoms with Crippen LogP contribution in [0.15, 0.2) is 0 Å². The third-order valence-corrected chi connectivity index (χ3v) is 6.45. The van der Waals surface area contributed by atoms with Crippen molar-refractivity contribution in [1.29, 1.82) is 0 Å². The van der Waals surface area contributed by atoms with Gasteiger partial charge in [0.2, 0.25) is 0 Å². The molecule has 0 aromatic rings. The van der Waals surface area contributed by atoms with Crippen molar-refractivity contribution >= 4 is 0 Å². The molecule has 0 unspecified atom stereocenters. The molecule has 1 aliphatic carbocycles. The third kappa shape index (κ3) is 4.94. The highest BCUT2D eigenvalue weighted by atomic mass is 16.7. The molecular formula is C18H36N4O10. The van der Waals surface area contributed by atoms with E-state index in [0.29, 0.717) is 0 Å². The lowest BCUT2D eigenvalue weighted by atomic mass is 9.84. The van der Waals surface area contributed by atoms with Crippen LogP contribution in [0.2, 0.25) is 0 Å². The molecular weight excluding hydrogens is 432 g/mol. The van der Waals surface area contributed by atoms with Crippen LogP contribution in [0.25, 0.3) is 0 Å². The lowest BCUT2D eigenvalue weighted by molar-refractivity contribution is -0.329. The number of hydrogen-bond donors (Lipinski definition) is 10. The summed E-state index contributed by atoms with van der Waals surface area (Å²) in [4.78, 5) is 0. The molecule has 2 heterocycles. The van der Waals surface area contributed by atoms with Crippen molar-refractivity contribution in [2.45, 2.75) is 98.5 Å². The van der Waals surface area contributed by atoms with Crippen LogP contribution in [0.5, 0.6) is 0 Å². The normalized spacial score (nSPS) is 55.0. The van der Waals surface area contributed by atoms with Gasteiger partial charge < -0.3 is 72.5 Å². The average Bonchev–Trinajstić information content (AvgIpc) is 2.73. The molecule has 14 heteroatoms. The van der Waals surface area contributed by atoms with E-state index in [0.717, 1.165) is 0 Å². The molecule has 32 heavy (non-hydrogen) atoms. The Bertz CT molecular complexity index is 631. The van der Waals surface area contributed by atoms with Crippen LogP contribution >= 0.6 is 0 Å². The van der Waals surface area contributed by atoms with Gasteiger partial charge in [0.05, 0.1) is 12.6 Å². The summed E-state index contributed by atoms with van der Waals surface area (Å²) in [5.41, 5.74) is 22.1. The average molecular weight is 469 g/mol. The maximum absolute atomic E-state index is 10.9. The van der Waals surface area contributed by atoms with E-state index in [1.165, 1.54) is 6.92 Å². The van der Waals surface area contributed by atoms with Gasteiger partial charge in [0.1, 0.15) is 54.4 Å². The molecule has 188 valence electrons. The number of aliphatic hydroxyl groups is 6. The van der Waals surface area contributed by atoms with Crippen LogP contribution in [-0.2, 0) is 18.9 Å². The number of rotatable bonds is 5. The second kappa shape index (κ2) is 9.97. The number of ether oxygens (including phenoxy) is 4. The minimum Gasteiger partial charge on any atom is -0.388 e. The smallest absolute Gasteiger partial charge is 0.187 e. The minimum absolute atomic E-state index is 0.132. The quantitative estimate of drug-likeness (QED) is 0.180. The molecule has 14 N–H and O–H groups in total. The van der Waals surface area contributed by atoms with E-state index in [2.05, 4.69) is 0 Å². The molecule has 2 aliphatic heterocycles. The second-order valence-electron chi connectivity index (χ2n) is 9.06. The molecule has 0 amide bonds. The molecule has 14 nitrogen and oxygen atoms in total. The largest absolute Gasteiger partial charge is 0.388 e. The minimum atomic E-state index is -1.63. The highest BCUT2D eigenvalue weighted by molar-refractivity contribution is 5.01. The summed E-state index contributed by atoms with van der Waals surface area (Å²) >= 11 is 0. The molecule has 3 aliphatic rings. The summed E-state index contributed by atoms with van der Waals surface area (Å²) in [7, 11) is 0. The lowest BCUT2D eigenvalue weighted by Crippen LogP contribution is -2.69. The molecule has 14 atom stereocenters. The Balaban J connectivity index is 1.70. The Morgan fingerprint density at radius 1 is 0.844 bits per heavy atom. The maximum atomic E-state index is 10.9. The van der Waals surface area contributed by atoms with Gasteiger partial charge in [-0.2, -0.15) is 0 Å². The predicted octanol–water partition coefficient (Wildman–Crippen LogP) is -6.26. The molecule has 3 rings (SSSR count). The highest BCUT2D eigenvalue weighted by Crippen LogP contribution is 2.31. The topological polar surface area (TPSA) is 262 Å². The maximum Gasteiger partial charge on any atom is 0.187 e. The number of nitrogens with two attached hydrogens (primary N) is 4. The van der Waals surface area contributed by atoms with Crippen molar-refractivity contribution < 1.29 is 49.6 Å². The Morgan fingerprint density at radius 3 is 1.97 bits per heavy atom. The Labute approximate surface area is 185 Å². The van der Waals surface area contributed by atoms with Crippen molar-refractivity contribution in [2.24, 2.45) is 22.9 Å². The Morgan fingerprint density at radius 2 is 1.41 bits per heavy atom. The van der Waals surface area contributed by atoms with Gasteiger partial charge in [-0.05, 0) is 13.3 Å². The molecule has 0 radical (unpaired) electrons. The van der Waals surface area contributed by atoms with Gasteiger partial charge in [0.25, 0.3) is 0 Å². The summed E-state index contributed by atoms with van der Waals surface area (Å²) < 4.78 is 22.2. The van der Waals surface area contributed by atoms with Gasteiger partial charge in [0, 0.05) is 18.6 Å². The van der Waals surface area contributed by atoms with Crippen molar-refractivity contribution in [3.8, 4) is 0 Å². The molecule has 0 aromatic carbocycles. The summed E-state index contributed by atoms with van der Waals surface area (Å²) in [6, 6.07) is -2.63. The second-order valence-corrected chi connectivity index (χ2v) is 9.06. The third-order valence-electron chi connectivity index (χ3n) is 6.45. The number of aliphatic hydroxyl groups excluding tert-OH is 5. The van der Waals surface area contributed by atoms with Crippen LogP contribution in [0.1, 0.15) is 13.3 Å². The highest BCUT2D eigenvalue weighted by Gasteiger charge is 2.51. The molecule has 0 aromatic heterocycles. The van der Waals surface area contributed by atoms with Gasteiger partial charge >= 0.3 is 0 Å². The fourth-order valence-electron chi connectivity index (χ4n) is 4.27. The van der Waals surface area contributed by atoms with E-state index in [-0.39, 0.29) is 19.6 Å². The first-order valence-corrected chi connectivity index (χ1v) is 10.6. The van der Waals surface area contributed by atoms with Crippen molar-refractivity contribution in [2.75, 3.05) is 13.2 Å². The molecule has 0 spiro atoms. The zero-order valence-electron chi connectivity index (χ0n) is 17.8. The van der Waals surface area contributed by atoms with Crippen LogP contribution < -0.4 is 22.9 Å². The first kappa shape index (κ1) is 26.1. The zero-order chi connectivity index (χ0) is 24.0. The van der Waals surface area contributed by atoms with Gasteiger partial charge in [-0.15, -0.1) is 0 Å².